The summed E-state index contributed by atoms with van der Waals surface area (Å²) in [5.41, 5.74) is 2.94. The van der Waals surface area contributed by atoms with Crippen molar-refractivity contribution in [2.75, 3.05) is 0 Å². The van der Waals surface area contributed by atoms with Crippen LogP contribution in [0.3, 0.4) is 0 Å². The summed E-state index contributed by atoms with van der Waals surface area (Å²) in [7, 11) is -0.0409. The van der Waals surface area contributed by atoms with Crippen molar-refractivity contribution >= 4 is 9.52 Å². The SMILES string of the molecule is CCC(C)(C)C=C[SiH2]C(C)(CC)CC. The number of hydrogen-bond acceptors (Lipinski definition) is 0. The summed E-state index contributed by atoms with van der Waals surface area (Å²) in [5.74, 6) is 0. The van der Waals surface area contributed by atoms with Crippen LogP contribution in [-0.2, 0) is 0 Å². The van der Waals surface area contributed by atoms with Crippen molar-refractivity contribution in [3.05, 3.63) is 11.8 Å². The minimum absolute atomic E-state index is 0.0409. The van der Waals surface area contributed by atoms with Gasteiger partial charge in [-0.05, 0) is 16.9 Å². The molecule has 0 bridgehead atoms. The van der Waals surface area contributed by atoms with E-state index >= 15 is 0 Å². The number of allylic oxidation sites excluding steroid dienone is 1. The van der Waals surface area contributed by atoms with Gasteiger partial charge in [-0.2, -0.15) is 0 Å². The van der Waals surface area contributed by atoms with Crippen LogP contribution in [0.25, 0.3) is 0 Å². The van der Waals surface area contributed by atoms with E-state index in [0.29, 0.717) is 10.5 Å². The van der Waals surface area contributed by atoms with Crippen LogP contribution in [0.2, 0.25) is 5.04 Å². The molecule has 0 amide bonds. The predicted octanol–water partition coefficient (Wildman–Crippen LogP) is 4.10. The molecule has 84 valence electrons. The van der Waals surface area contributed by atoms with E-state index in [1.807, 2.05) is 0 Å². The molecular formula is C13H28Si. The van der Waals surface area contributed by atoms with E-state index in [2.05, 4.69) is 53.3 Å². The third-order valence-electron chi connectivity index (χ3n) is 3.80. The molecule has 0 radical (unpaired) electrons. The summed E-state index contributed by atoms with van der Waals surface area (Å²) in [6, 6.07) is 0. The van der Waals surface area contributed by atoms with Gasteiger partial charge in [0.1, 0.15) is 0 Å². The lowest BCUT2D eigenvalue weighted by Crippen LogP contribution is -2.14. The number of hydrogen-bond donors (Lipinski definition) is 0. The van der Waals surface area contributed by atoms with Gasteiger partial charge in [-0.25, -0.2) is 0 Å². The van der Waals surface area contributed by atoms with Gasteiger partial charge in [-0.15, -0.1) is 5.70 Å². The van der Waals surface area contributed by atoms with Crippen molar-refractivity contribution in [3.8, 4) is 0 Å². The van der Waals surface area contributed by atoms with Crippen LogP contribution in [0.1, 0.15) is 60.8 Å². The molecule has 0 aromatic rings. The Balaban J connectivity index is 4.16. The van der Waals surface area contributed by atoms with Crippen LogP contribution in [0, 0.1) is 5.41 Å². The summed E-state index contributed by atoms with van der Waals surface area (Å²) in [5, 5.41) is 0.653. The van der Waals surface area contributed by atoms with Crippen molar-refractivity contribution in [3.63, 3.8) is 0 Å². The summed E-state index contributed by atoms with van der Waals surface area (Å²) < 4.78 is 0. The first-order valence-electron chi connectivity index (χ1n) is 6.07. The fraction of sp³-hybridized carbons (Fsp3) is 0.846. The predicted molar refractivity (Wildman–Crippen MR) is 70.7 cm³/mol. The second kappa shape index (κ2) is 5.74. The van der Waals surface area contributed by atoms with E-state index < -0.39 is 0 Å². The fourth-order valence-corrected chi connectivity index (χ4v) is 3.22. The summed E-state index contributed by atoms with van der Waals surface area (Å²) >= 11 is 0. The monoisotopic (exact) mass is 212 g/mol. The normalized spacial score (nSPS) is 14.7. The Morgan fingerprint density at radius 3 is 1.79 bits per heavy atom. The molecule has 0 unspecified atom stereocenters. The van der Waals surface area contributed by atoms with E-state index in [1.54, 1.807) is 0 Å². The van der Waals surface area contributed by atoms with Crippen LogP contribution in [0.15, 0.2) is 11.8 Å². The molecule has 0 fully saturated rings. The fourth-order valence-electron chi connectivity index (χ4n) is 1.32. The Morgan fingerprint density at radius 1 is 0.929 bits per heavy atom. The van der Waals surface area contributed by atoms with Gasteiger partial charge in [0.15, 0.2) is 0 Å². The second-order valence-corrected chi connectivity index (χ2v) is 8.05. The average Bonchev–Trinajstić information content (AvgIpc) is 2.17. The Hall–Kier alpha value is -0.0431. The maximum absolute atomic E-state index is 2.52. The molecule has 0 aliphatic carbocycles. The van der Waals surface area contributed by atoms with Crippen molar-refractivity contribution in [2.45, 2.75) is 65.8 Å². The molecule has 0 aromatic carbocycles. The molecule has 1 heteroatoms. The lowest BCUT2D eigenvalue weighted by Gasteiger charge is -2.25. The average molecular weight is 212 g/mol. The van der Waals surface area contributed by atoms with Crippen molar-refractivity contribution in [1.29, 1.82) is 0 Å². The molecule has 0 aliphatic rings. The molecule has 0 rings (SSSR count). The second-order valence-electron chi connectivity index (χ2n) is 5.47. The maximum Gasteiger partial charge on any atom is 0.0509 e. The van der Waals surface area contributed by atoms with Crippen LogP contribution >= 0.6 is 0 Å². The summed E-state index contributed by atoms with van der Waals surface area (Å²) in [6.07, 6.45) is 6.37. The lowest BCUT2D eigenvalue weighted by molar-refractivity contribution is 0.462. The van der Waals surface area contributed by atoms with Crippen LogP contribution in [0.5, 0.6) is 0 Å². The highest BCUT2D eigenvalue weighted by Gasteiger charge is 2.18. The van der Waals surface area contributed by atoms with Gasteiger partial charge in [-0.3, -0.25) is 0 Å². The summed E-state index contributed by atoms with van der Waals surface area (Å²) in [4.78, 5) is 0. The first kappa shape index (κ1) is 14.0. The van der Waals surface area contributed by atoms with E-state index in [9.17, 15) is 0 Å². The highest BCUT2D eigenvalue weighted by Crippen LogP contribution is 2.33. The quantitative estimate of drug-likeness (QED) is 0.581. The van der Waals surface area contributed by atoms with E-state index in [4.69, 9.17) is 0 Å². The standard InChI is InChI=1S/C13H28Si/c1-7-12(4,5)10-11-14-13(6,8-2)9-3/h10-11H,7-9,14H2,1-6H3. The highest BCUT2D eigenvalue weighted by molar-refractivity contribution is 6.46. The molecule has 0 nitrogen and oxygen atoms in total. The van der Waals surface area contributed by atoms with Gasteiger partial charge in [0.25, 0.3) is 0 Å². The molecule has 14 heavy (non-hydrogen) atoms. The molecule has 0 N–H and O–H groups in total. The van der Waals surface area contributed by atoms with Gasteiger partial charge in [0.2, 0.25) is 0 Å². The van der Waals surface area contributed by atoms with Gasteiger partial charge < -0.3 is 0 Å². The third kappa shape index (κ3) is 4.99. The van der Waals surface area contributed by atoms with Crippen molar-refractivity contribution in [2.24, 2.45) is 5.41 Å². The smallest absolute Gasteiger partial charge is 0.0509 e. The van der Waals surface area contributed by atoms with Gasteiger partial charge in [0.05, 0.1) is 9.52 Å². The molecule has 0 aromatic heterocycles. The molecule has 0 spiro atoms. The van der Waals surface area contributed by atoms with Crippen molar-refractivity contribution < 1.29 is 0 Å². The molecule has 0 saturated heterocycles. The Bertz CT molecular complexity index is 176. The zero-order valence-corrected chi connectivity index (χ0v) is 12.4. The first-order valence-corrected chi connectivity index (χ1v) is 7.59. The van der Waals surface area contributed by atoms with Crippen LogP contribution in [-0.4, -0.2) is 9.52 Å². The van der Waals surface area contributed by atoms with E-state index in [0.717, 1.165) is 0 Å². The van der Waals surface area contributed by atoms with Crippen LogP contribution in [0.4, 0.5) is 0 Å². The molecule has 0 saturated carbocycles. The highest BCUT2D eigenvalue weighted by atomic mass is 28.2. The largest absolute Gasteiger partial charge is 0.104 e. The molecule has 0 heterocycles. The molecule has 0 atom stereocenters. The maximum atomic E-state index is 2.52. The van der Waals surface area contributed by atoms with Crippen molar-refractivity contribution in [1.82, 2.24) is 0 Å². The zero-order chi connectivity index (χ0) is 11.2. The van der Waals surface area contributed by atoms with Gasteiger partial charge in [0, 0.05) is 0 Å². The van der Waals surface area contributed by atoms with Gasteiger partial charge in [-0.1, -0.05) is 60.5 Å². The minimum Gasteiger partial charge on any atom is -0.104 e. The topological polar surface area (TPSA) is 0 Å². The van der Waals surface area contributed by atoms with E-state index in [1.165, 1.54) is 19.3 Å². The number of rotatable bonds is 6. The minimum atomic E-state index is -0.0409. The third-order valence-corrected chi connectivity index (χ3v) is 6.26. The first-order chi connectivity index (χ1) is 6.39. The van der Waals surface area contributed by atoms with E-state index in [-0.39, 0.29) is 9.52 Å². The Labute approximate surface area is 93.0 Å². The lowest BCUT2D eigenvalue weighted by atomic mass is 9.91. The molecule has 0 aliphatic heterocycles. The Morgan fingerprint density at radius 2 is 1.43 bits per heavy atom. The summed E-state index contributed by atoms with van der Waals surface area (Å²) in [6.45, 7) is 14.0. The zero-order valence-electron chi connectivity index (χ0n) is 11.0. The molecular weight excluding hydrogens is 184 g/mol. The van der Waals surface area contributed by atoms with Crippen LogP contribution < -0.4 is 0 Å². The van der Waals surface area contributed by atoms with Gasteiger partial charge >= 0.3 is 0 Å². The Kier molecular flexibility index (Phi) is 5.73.